The van der Waals surface area contributed by atoms with Gasteiger partial charge in [0.1, 0.15) is 5.15 Å². The van der Waals surface area contributed by atoms with Gasteiger partial charge in [0.2, 0.25) is 0 Å². The first-order valence-corrected chi connectivity index (χ1v) is 7.94. The number of rotatable bonds is 3. The molecule has 0 aliphatic heterocycles. The van der Waals surface area contributed by atoms with Crippen LogP contribution in [0.25, 0.3) is 0 Å². The fraction of sp³-hybridized carbons (Fsp3) is 0.0833. The average Bonchev–Trinajstić information content (AvgIpc) is 2.35. The molecular formula is C12H10BrClN2O2S. The topological polar surface area (TPSA) is 59.1 Å². The third-order valence-corrected chi connectivity index (χ3v) is 4.66. The Bertz CT molecular complexity index is 702. The number of benzene rings is 1. The Morgan fingerprint density at radius 1 is 1.26 bits per heavy atom. The van der Waals surface area contributed by atoms with Crippen LogP contribution in [-0.2, 0) is 10.0 Å². The molecule has 0 unspecified atom stereocenters. The van der Waals surface area contributed by atoms with Crippen LogP contribution in [0.2, 0.25) is 5.15 Å². The number of pyridine rings is 1. The molecule has 0 amide bonds. The molecule has 0 atom stereocenters. The Morgan fingerprint density at radius 3 is 2.63 bits per heavy atom. The molecule has 100 valence electrons. The van der Waals surface area contributed by atoms with Crippen molar-refractivity contribution >= 4 is 43.2 Å². The minimum atomic E-state index is -3.64. The molecule has 0 saturated heterocycles. The monoisotopic (exact) mass is 360 g/mol. The van der Waals surface area contributed by atoms with Crippen molar-refractivity contribution in [3.8, 4) is 0 Å². The van der Waals surface area contributed by atoms with Gasteiger partial charge < -0.3 is 0 Å². The number of aromatic nitrogens is 1. The summed E-state index contributed by atoms with van der Waals surface area (Å²) in [5.74, 6) is 0. The summed E-state index contributed by atoms with van der Waals surface area (Å²) in [4.78, 5) is 4.05. The van der Waals surface area contributed by atoms with E-state index in [1.54, 1.807) is 31.2 Å². The first-order valence-electron chi connectivity index (χ1n) is 5.29. The quantitative estimate of drug-likeness (QED) is 0.850. The molecule has 2 aromatic rings. The van der Waals surface area contributed by atoms with E-state index >= 15 is 0 Å². The lowest BCUT2D eigenvalue weighted by Crippen LogP contribution is -2.14. The molecule has 0 spiro atoms. The van der Waals surface area contributed by atoms with Gasteiger partial charge >= 0.3 is 0 Å². The van der Waals surface area contributed by atoms with Crippen LogP contribution in [0, 0.1) is 6.92 Å². The second kappa shape index (κ2) is 5.48. The maximum atomic E-state index is 12.3. The van der Waals surface area contributed by atoms with Crippen molar-refractivity contribution in [1.82, 2.24) is 4.98 Å². The van der Waals surface area contributed by atoms with Gasteiger partial charge in [-0.3, -0.25) is 4.72 Å². The fourth-order valence-corrected chi connectivity index (χ4v) is 3.45. The van der Waals surface area contributed by atoms with Crippen molar-refractivity contribution in [3.63, 3.8) is 0 Å². The number of nitrogens with one attached hydrogen (secondary N) is 1. The Morgan fingerprint density at radius 2 is 2.00 bits per heavy atom. The van der Waals surface area contributed by atoms with Crippen LogP contribution < -0.4 is 4.72 Å². The molecule has 0 fully saturated rings. The van der Waals surface area contributed by atoms with Crippen molar-refractivity contribution in [2.45, 2.75) is 11.8 Å². The average molecular weight is 362 g/mol. The highest BCUT2D eigenvalue weighted by Crippen LogP contribution is 2.23. The maximum absolute atomic E-state index is 12.3. The normalized spacial score (nSPS) is 11.3. The minimum Gasteiger partial charge on any atom is -0.278 e. The van der Waals surface area contributed by atoms with E-state index in [1.165, 1.54) is 12.3 Å². The van der Waals surface area contributed by atoms with Gasteiger partial charge in [-0.1, -0.05) is 33.6 Å². The Hall–Kier alpha value is -1.11. The van der Waals surface area contributed by atoms with Gasteiger partial charge in [-0.15, -0.1) is 0 Å². The van der Waals surface area contributed by atoms with Crippen LogP contribution >= 0.6 is 27.5 Å². The third kappa shape index (κ3) is 3.46. The van der Waals surface area contributed by atoms with Gasteiger partial charge in [-0.05, 0) is 36.8 Å². The smallest absolute Gasteiger partial charge is 0.262 e. The molecule has 1 heterocycles. The molecular weight excluding hydrogens is 352 g/mol. The summed E-state index contributed by atoms with van der Waals surface area (Å²) in [5.41, 5.74) is 1.03. The van der Waals surface area contributed by atoms with E-state index in [-0.39, 0.29) is 4.90 Å². The second-order valence-electron chi connectivity index (χ2n) is 3.88. The highest BCUT2D eigenvalue weighted by atomic mass is 79.9. The molecule has 19 heavy (non-hydrogen) atoms. The summed E-state index contributed by atoms with van der Waals surface area (Å²) in [5, 5.41) is 0.307. The standard InChI is InChI=1S/C12H10BrClN2O2S/c1-8-2-3-9(13)6-11(8)19(17,18)16-10-4-5-12(14)15-7-10/h2-7,16H,1H3. The maximum Gasteiger partial charge on any atom is 0.262 e. The third-order valence-electron chi connectivity index (χ3n) is 2.42. The van der Waals surface area contributed by atoms with Crippen LogP contribution in [0.15, 0.2) is 45.9 Å². The van der Waals surface area contributed by atoms with Crippen LogP contribution in [-0.4, -0.2) is 13.4 Å². The SMILES string of the molecule is Cc1ccc(Br)cc1S(=O)(=O)Nc1ccc(Cl)nc1. The van der Waals surface area contributed by atoms with Crippen LogP contribution in [0.5, 0.6) is 0 Å². The molecule has 0 bridgehead atoms. The molecule has 0 aliphatic carbocycles. The summed E-state index contributed by atoms with van der Waals surface area (Å²) in [7, 11) is -3.64. The lowest BCUT2D eigenvalue weighted by molar-refractivity contribution is 0.600. The molecule has 1 aromatic heterocycles. The van der Waals surface area contributed by atoms with Gasteiger partial charge in [0.05, 0.1) is 16.8 Å². The van der Waals surface area contributed by atoms with E-state index in [1.807, 2.05) is 0 Å². The number of anilines is 1. The van der Waals surface area contributed by atoms with E-state index in [0.29, 0.717) is 20.9 Å². The Labute approximate surface area is 125 Å². The van der Waals surface area contributed by atoms with Gasteiger partial charge in [-0.25, -0.2) is 13.4 Å². The van der Waals surface area contributed by atoms with Crippen molar-refractivity contribution in [2.24, 2.45) is 0 Å². The predicted octanol–water partition coefficient (Wildman–Crippen LogP) is 3.61. The number of hydrogen-bond acceptors (Lipinski definition) is 3. The summed E-state index contributed by atoms with van der Waals surface area (Å²) in [6.45, 7) is 1.74. The zero-order valence-electron chi connectivity index (χ0n) is 9.89. The highest BCUT2D eigenvalue weighted by Gasteiger charge is 2.17. The second-order valence-corrected chi connectivity index (χ2v) is 6.84. The first-order chi connectivity index (χ1) is 8.88. The lowest BCUT2D eigenvalue weighted by Gasteiger charge is -2.10. The molecule has 0 radical (unpaired) electrons. The fourth-order valence-electron chi connectivity index (χ4n) is 1.51. The number of halogens is 2. The summed E-state index contributed by atoms with van der Waals surface area (Å²) in [6.07, 6.45) is 1.37. The molecule has 7 heteroatoms. The zero-order valence-corrected chi connectivity index (χ0v) is 13.1. The van der Waals surface area contributed by atoms with Crippen LogP contribution in [0.1, 0.15) is 5.56 Å². The Kier molecular flexibility index (Phi) is 4.13. The van der Waals surface area contributed by atoms with Crippen molar-refractivity contribution in [3.05, 3.63) is 51.7 Å². The lowest BCUT2D eigenvalue weighted by atomic mass is 10.2. The summed E-state index contributed by atoms with van der Waals surface area (Å²) < 4.78 is 27.7. The van der Waals surface area contributed by atoms with E-state index in [9.17, 15) is 8.42 Å². The summed E-state index contributed by atoms with van der Waals surface area (Å²) in [6, 6.07) is 8.16. The Balaban J connectivity index is 2.37. The number of sulfonamides is 1. The minimum absolute atomic E-state index is 0.219. The van der Waals surface area contributed by atoms with Crippen LogP contribution in [0.4, 0.5) is 5.69 Å². The van der Waals surface area contributed by atoms with Crippen molar-refractivity contribution in [2.75, 3.05) is 4.72 Å². The van der Waals surface area contributed by atoms with Crippen molar-refractivity contribution in [1.29, 1.82) is 0 Å². The van der Waals surface area contributed by atoms with Gasteiger partial charge in [0.25, 0.3) is 10.0 Å². The van der Waals surface area contributed by atoms with Crippen LogP contribution in [0.3, 0.4) is 0 Å². The van der Waals surface area contributed by atoms with Gasteiger partial charge in [-0.2, -0.15) is 0 Å². The predicted molar refractivity (Wildman–Crippen MR) is 78.9 cm³/mol. The molecule has 1 aromatic carbocycles. The summed E-state index contributed by atoms with van der Waals surface area (Å²) >= 11 is 8.91. The number of aryl methyl sites for hydroxylation is 1. The van der Waals surface area contributed by atoms with E-state index < -0.39 is 10.0 Å². The zero-order chi connectivity index (χ0) is 14.0. The molecule has 0 saturated carbocycles. The van der Waals surface area contributed by atoms with E-state index in [0.717, 1.165) is 0 Å². The van der Waals surface area contributed by atoms with Gasteiger partial charge in [0.15, 0.2) is 0 Å². The largest absolute Gasteiger partial charge is 0.278 e. The highest BCUT2D eigenvalue weighted by molar-refractivity contribution is 9.10. The van der Waals surface area contributed by atoms with Gasteiger partial charge in [0, 0.05) is 4.47 Å². The molecule has 4 nitrogen and oxygen atoms in total. The van der Waals surface area contributed by atoms with E-state index in [2.05, 4.69) is 25.6 Å². The molecule has 0 aliphatic rings. The van der Waals surface area contributed by atoms with E-state index in [4.69, 9.17) is 11.6 Å². The number of nitrogens with zero attached hydrogens (tertiary/aromatic N) is 1. The molecule has 1 N–H and O–H groups in total. The van der Waals surface area contributed by atoms with Crippen molar-refractivity contribution < 1.29 is 8.42 Å². The first kappa shape index (κ1) is 14.3. The number of hydrogen-bond donors (Lipinski definition) is 1. The molecule has 2 rings (SSSR count).